The first-order valence-corrected chi connectivity index (χ1v) is 6.82. The molecule has 1 saturated heterocycles. The van der Waals surface area contributed by atoms with E-state index >= 15 is 0 Å². The molecule has 0 amide bonds. The summed E-state index contributed by atoms with van der Waals surface area (Å²) in [6.45, 7) is 4.50. The molecule has 1 aliphatic heterocycles. The first kappa shape index (κ1) is 11.4. The molecule has 0 bridgehead atoms. The van der Waals surface area contributed by atoms with Crippen molar-refractivity contribution in [2.75, 3.05) is 13.1 Å². The van der Waals surface area contributed by atoms with Crippen molar-refractivity contribution in [2.45, 2.75) is 64.0 Å². The van der Waals surface area contributed by atoms with Crippen LogP contribution in [0.3, 0.4) is 0 Å². The molecule has 88 valence electrons. The number of nitrogens with zero attached hydrogens (tertiary/aromatic N) is 1. The summed E-state index contributed by atoms with van der Waals surface area (Å²) in [6, 6.07) is 1.56. The smallest absolute Gasteiger partial charge is 0.0249 e. The molecule has 2 fully saturated rings. The predicted molar refractivity (Wildman–Crippen MR) is 64.8 cm³/mol. The van der Waals surface area contributed by atoms with Gasteiger partial charge in [-0.25, -0.2) is 0 Å². The maximum absolute atomic E-state index is 5.96. The Balaban J connectivity index is 1.95. The van der Waals surface area contributed by atoms with Gasteiger partial charge in [-0.15, -0.1) is 0 Å². The van der Waals surface area contributed by atoms with Crippen LogP contribution in [0.5, 0.6) is 0 Å². The Morgan fingerprint density at radius 2 is 2.07 bits per heavy atom. The lowest BCUT2D eigenvalue weighted by Crippen LogP contribution is -2.50. The fourth-order valence-electron chi connectivity index (χ4n) is 3.18. The molecule has 1 saturated carbocycles. The molecule has 2 unspecified atom stereocenters. The summed E-state index contributed by atoms with van der Waals surface area (Å²) < 4.78 is 0. The molecule has 0 spiro atoms. The molecule has 1 heterocycles. The van der Waals surface area contributed by atoms with Gasteiger partial charge in [-0.1, -0.05) is 19.8 Å². The van der Waals surface area contributed by atoms with Crippen molar-refractivity contribution in [3.63, 3.8) is 0 Å². The lowest BCUT2D eigenvalue weighted by atomic mass is 9.95. The van der Waals surface area contributed by atoms with Crippen molar-refractivity contribution in [1.29, 1.82) is 0 Å². The minimum absolute atomic E-state index is 0.710. The summed E-state index contributed by atoms with van der Waals surface area (Å²) >= 11 is 0. The van der Waals surface area contributed by atoms with Crippen LogP contribution in [-0.2, 0) is 0 Å². The summed E-state index contributed by atoms with van der Waals surface area (Å²) in [5, 5.41) is 0. The molecule has 0 radical (unpaired) electrons. The van der Waals surface area contributed by atoms with Crippen molar-refractivity contribution >= 4 is 0 Å². The van der Waals surface area contributed by atoms with Crippen molar-refractivity contribution in [2.24, 2.45) is 11.7 Å². The molecule has 15 heavy (non-hydrogen) atoms. The lowest BCUT2D eigenvalue weighted by Gasteiger charge is -2.41. The van der Waals surface area contributed by atoms with Gasteiger partial charge in [0.05, 0.1) is 0 Å². The number of rotatable bonds is 5. The molecule has 2 N–H and O–H groups in total. The van der Waals surface area contributed by atoms with Crippen LogP contribution < -0.4 is 5.73 Å². The van der Waals surface area contributed by atoms with E-state index in [0.29, 0.717) is 6.04 Å². The fourth-order valence-corrected chi connectivity index (χ4v) is 3.18. The number of hydrogen-bond donors (Lipinski definition) is 1. The average Bonchev–Trinajstić information content (AvgIpc) is 3.06. The van der Waals surface area contributed by atoms with Crippen LogP contribution in [0.2, 0.25) is 0 Å². The van der Waals surface area contributed by atoms with Gasteiger partial charge in [0, 0.05) is 18.6 Å². The normalized spacial score (nSPS) is 30.4. The highest BCUT2D eigenvalue weighted by Crippen LogP contribution is 2.37. The van der Waals surface area contributed by atoms with Gasteiger partial charge in [-0.2, -0.15) is 0 Å². The Morgan fingerprint density at radius 1 is 1.27 bits per heavy atom. The molecule has 1 aliphatic carbocycles. The summed E-state index contributed by atoms with van der Waals surface area (Å²) in [6.07, 6.45) is 9.80. The maximum atomic E-state index is 5.96. The van der Waals surface area contributed by atoms with E-state index in [9.17, 15) is 0 Å². The lowest BCUT2D eigenvalue weighted by molar-refractivity contribution is 0.0803. The molecule has 2 atom stereocenters. The van der Waals surface area contributed by atoms with Crippen LogP contribution in [0, 0.1) is 5.92 Å². The minimum atomic E-state index is 0.710. The van der Waals surface area contributed by atoms with E-state index < -0.39 is 0 Å². The zero-order valence-electron chi connectivity index (χ0n) is 10.1. The summed E-state index contributed by atoms with van der Waals surface area (Å²) in [5.41, 5.74) is 5.96. The van der Waals surface area contributed by atoms with Crippen LogP contribution in [0.4, 0.5) is 0 Å². The molecule has 0 aromatic heterocycles. The van der Waals surface area contributed by atoms with E-state index in [-0.39, 0.29) is 0 Å². The van der Waals surface area contributed by atoms with E-state index in [2.05, 4.69) is 11.8 Å². The molecule has 2 rings (SSSR count). The maximum Gasteiger partial charge on any atom is 0.0249 e. The Morgan fingerprint density at radius 3 is 2.67 bits per heavy atom. The second kappa shape index (κ2) is 5.31. The van der Waals surface area contributed by atoms with Gasteiger partial charge in [-0.05, 0) is 44.6 Å². The Hall–Kier alpha value is -0.0800. The van der Waals surface area contributed by atoms with Crippen molar-refractivity contribution in [3.8, 4) is 0 Å². The van der Waals surface area contributed by atoms with E-state index in [1.165, 1.54) is 51.5 Å². The van der Waals surface area contributed by atoms with E-state index in [1.54, 1.807) is 0 Å². The van der Waals surface area contributed by atoms with Gasteiger partial charge in [0.1, 0.15) is 0 Å². The third-order valence-electron chi connectivity index (χ3n) is 4.13. The summed E-state index contributed by atoms with van der Waals surface area (Å²) in [4.78, 5) is 2.75. The van der Waals surface area contributed by atoms with Gasteiger partial charge >= 0.3 is 0 Å². The Kier molecular flexibility index (Phi) is 4.04. The standard InChI is InChI=1S/C13H26N2/c1-2-5-12-6-3-4-9-15(12)13(10-14)11-7-8-11/h11-13H,2-10,14H2,1H3. The molecule has 2 nitrogen and oxygen atoms in total. The zero-order valence-corrected chi connectivity index (χ0v) is 10.1. The minimum Gasteiger partial charge on any atom is -0.329 e. The third-order valence-corrected chi connectivity index (χ3v) is 4.13. The summed E-state index contributed by atoms with van der Waals surface area (Å²) in [7, 11) is 0. The van der Waals surface area contributed by atoms with Crippen LogP contribution >= 0.6 is 0 Å². The van der Waals surface area contributed by atoms with Crippen LogP contribution in [0.1, 0.15) is 51.9 Å². The zero-order chi connectivity index (χ0) is 10.7. The first-order valence-electron chi connectivity index (χ1n) is 6.82. The van der Waals surface area contributed by atoms with Crippen LogP contribution in [0.25, 0.3) is 0 Å². The van der Waals surface area contributed by atoms with Gasteiger partial charge in [0.2, 0.25) is 0 Å². The van der Waals surface area contributed by atoms with Gasteiger partial charge in [0.25, 0.3) is 0 Å². The van der Waals surface area contributed by atoms with Crippen molar-refractivity contribution in [1.82, 2.24) is 4.90 Å². The Labute approximate surface area is 94.2 Å². The SMILES string of the molecule is CCCC1CCCCN1C(CN)C1CC1. The van der Waals surface area contributed by atoms with Gasteiger partial charge in [-0.3, -0.25) is 4.90 Å². The molecule has 2 heteroatoms. The van der Waals surface area contributed by atoms with E-state index in [4.69, 9.17) is 5.73 Å². The molecule has 0 aromatic carbocycles. The van der Waals surface area contributed by atoms with Crippen molar-refractivity contribution in [3.05, 3.63) is 0 Å². The number of nitrogens with two attached hydrogens (primary N) is 1. The van der Waals surface area contributed by atoms with Crippen LogP contribution in [0.15, 0.2) is 0 Å². The highest BCUT2D eigenvalue weighted by Gasteiger charge is 2.37. The number of piperidine rings is 1. The average molecular weight is 210 g/mol. The summed E-state index contributed by atoms with van der Waals surface area (Å²) in [5.74, 6) is 0.937. The molecular formula is C13H26N2. The quantitative estimate of drug-likeness (QED) is 0.755. The second-order valence-corrected chi connectivity index (χ2v) is 5.32. The largest absolute Gasteiger partial charge is 0.329 e. The third kappa shape index (κ3) is 2.73. The van der Waals surface area contributed by atoms with Crippen molar-refractivity contribution < 1.29 is 0 Å². The molecular weight excluding hydrogens is 184 g/mol. The van der Waals surface area contributed by atoms with E-state index in [0.717, 1.165) is 18.5 Å². The fraction of sp³-hybridized carbons (Fsp3) is 1.00. The number of hydrogen-bond acceptors (Lipinski definition) is 2. The topological polar surface area (TPSA) is 29.3 Å². The van der Waals surface area contributed by atoms with Gasteiger partial charge < -0.3 is 5.73 Å². The van der Waals surface area contributed by atoms with Gasteiger partial charge in [0.15, 0.2) is 0 Å². The molecule has 0 aromatic rings. The Bertz CT molecular complexity index is 187. The molecule has 2 aliphatic rings. The predicted octanol–water partition coefficient (Wildman–Crippen LogP) is 2.38. The number of likely N-dealkylation sites (tertiary alicyclic amines) is 1. The monoisotopic (exact) mass is 210 g/mol. The van der Waals surface area contributed by atoms with E-state index in [1.807, 2.05) is 0 Å². The highest BCUT2D eigenvalue weighted by atomic mass is 15.2. The first-order chi connectivity index (χ1) is 7.36. The van der Waals surface area contributed by atoms with Crippen LogP contribution in [-0.4, -0.2) is 30.1 Å². The second-order valence-electron chi connectivity index (χ2n) is 5.32. The highest BCUT2D eigenvalue weighted by molar-refractivity contribution is 4.92.